The van der Waals surface area contributed by atoms with Gasteiger partial charge in [0.2, 0.25) is 0 Å². The van der Waals surface area contributed by atoms with E-state index in [1.54, 1.807) is 0 Å². The van der Waals surface area contributed by atoms with Gasteiger partial charge in [-0.05, 0) is 31.0 Å². The molecule has 1 aromatic carbocycles. The maximum atomic E-state index is 13.8. The van der Waals surface area contributed by atoms with Crippen molar-refractivity contribution in [3.63, 3.8) is 0 Å². The molecule has 29 heavy (non-hydrogen) atoms. The molecule has 0 radical (unpaired) electrons. The van der Waals surface area contributed by atoms with Gasteiger partial charge < -0.3 is 20.8 Å². The number of hydrogen-bond donors (Lipinski definition) is 5. The van der Waals surface area contributed by atoms with Crippen LogP contribution in [0, 0.1) is 11.6 Å². The Morgan fingerprint density at radius 1 is 1.24 bits per heavy atom. The van der Waals surface area contributed by atoms with Gasteiger partial charge in [0.05, 0.1) is 23.6 Å². The topological polar surface area (TPSA) is 136 Å². The Bertz CT molecular complexity index is 1060. The van der Waals surface area contributed by atoms with Gasteiger partial charge in [-0.3, -0.25) is 9.89 Å². The van der Waals surface area contributed by atoms with Crippen LogP contribution in [0.2, 0.25) is 0 Å². The van der Waals surface area contributed by atoms with Gasteiger partial charge in [0.1, 0.15) is 29.5 Å². The quantitative estimate of drug-likeness (QED) is 0.425. The highest BCUT2D eigenvalue weighted by molar-refractivity contribution is 6.07. The minimum absolute atomic E-state index is 0.000153. The fourth-order valence-electron chi connectivity index (χ4n) is 3.37. The van der Waals surface area contributed by atoms with Crippen LogP contribution in [0.1, 0.15) is 28.9 Å². The van der Waals surface area contributed by atoms with E-state index < -0.39 is 35.8 Å². The van der Waals surface area contributed by atoms with Crippen LogP contribution in [0.3, 0.4) is 0 Å². The second kappa shape index (κ2) is 7.68. The van der Waals surface area contributed by atoms with Crippen LogP contribution in [0.15, 0.2) is 24.5 Å². The molecule has 3 atom stereocenters. The first-order valence-electron chi connectivity index (χ1n) is 8.98. The SMILES string of the molecule is O=C(NCc1cc(F)ccc1F)c1[nH]nc2ncnc(N[C@@H]3CC[C@@H](O)[C@H]3O)c12. The molecule has 1 aliphatic rings. The monoisotopic (exact) mass is 404 g/mol. The Kier molecular flexibility index (Phi) is 5.07. The third kappa shape index (κ3) is 3.74. The number of benzene rings is 1. The van der Waals surface area contributed by atoms with Crippen LogP contribution in [0.5, 0.6) is 0 Å². The molecule has 1 aliphatic carbocycles. The summed E-state index contributed by atoms with van der Waals surface area (Å²) in [6, 6.07) is 2.53. The number of aliphatic hydroxyl groups is 2. The van der Waals surface area contributed by atoms with Crippen LogP contribution in [0.4, 0.5) is 14.6 Å². The molecule has 1 fully saturated rings. The predicted molar refractivity (Wildman–Crippen MR) is 97.9 cm³/mol. The Hall–Kier alpha value is -3.18. The number of amides is 1. The predicted octanol–water partition coefficient (Wildman–Crippen LogP) is 0.857. The number of halogens is 2. The largest absolute Gasteiger partial charge is 0.390 e. The van der Waals surface area contributed by atoms with E-state index in [0.29, 0.717) is 18.2 Å². The zero-order valence-electron chi connectivity index (χ0n) is 15.1. The Morgan fingerprint density at radius 2 is 2.07 bits per heavy atom. The Labute approximate surface area is 163 Å². The second-order valence-electron chi connectivity index (χ2n) is 6.82. The number of aliphatic hydroxyl groups excluding tert-OH is 2. The number of H-pyrrole nitrogens is 1. The lowest BCUT2D eigenvalue weighted by molar-refractivity contribution is 0.0392. The summed E-state index contributed by atoms with van der Waals surface area (Å²) in [7, 11) is 0. The van der Waals surface area contributed by atoms with Crippen LogP contribution in [-0.4, -0.2) is 54.5 Å². The zero-order valence-corrected chi connectivity index (χ0v) is 15.1. The first-order chi connectivity index (χ1) is 13.9. The summed E-state index contributed by atoms with van der Waals surface area (Å²) in [6.45, 7) is -0.229. The molecule has 2 heterocycles. The minimum Gasteiger partial charge on any atom is -0.390 e. The highest BCUT2D eigenvalue weighted by Crippen LogP contribution is 2.27. The lowest BCUT2D eigenvalue weighted by Crippen LogP contribution is -2.34. The summed E-state index contributed by atoms with van der Waals surface area (Å²) in [5.74, 6) is -1.59. The average molecular weight is 404 g/mol. The minimum atomic E-state index is -0.972. The fraction of sp³-hybridized carbons (Fsp3) is 0.333. The number of aromatic amines is 1. The summed E-state index contributed by atoms with van der Waals surface area (Å²) in [6.07, 6.45) is 0.405. The van der Waals surface area contributed by atoms with E-state index in [1.807, 2.05) is 0 Å². The maximum absolute atomic E-state index is 13.8. The third-order valence-corrected chi connectivity index (χ3v) is 4.93. The van der Waals surface area contributed by atoms with Gasteiger partial charge in [-0.1, -0.05) is 0 Å². The van der Waals surface area contributed by atoms with Crippen molar-refractivity contribution < 1.29 is 23.8 Å². The molecule has 0 bridgehead atoms. The summed E-state index contributed by atoms with van der Waals surface area (Å²) in [5.41, 5.74) is 0.255. The molecule has 0 aliphatic heterocycles. The molecule has 3 aromatic rings. The van der Waals surface area contributed by atoms with Gasteiger partial charge in [0, 0.05) is 12.1 Å². The summed E-state index contributed by atoms with van der Waals surface area (Å²) in [4.78, 5) is 20.8. The Morgan fingerprint density at radius 3 is 2.83 bits per heavy atom. The van der Waals surface area contributed by atoms with E-state index >= 15 is 0 Å². The molecule has 11 heteroatoms. The molecule has 1 saturated carbocycles. The molecule has 0 spiro atoms. The van der Waals surface area contributed by atoms with Crippen molar-refractivity contribution in [3.05, 3.63) is 47.4 Å². The van der Waals surface area contributed by atoms with Crippen molar-refractivity contribution in [1.82, 2.24) is 25.5 Å². The standard InChI is InChI=1S/C18H18F2N6O3/c19-9-1-2-10(20)8(5-9)6-21-18(29)14-13-16(22-7-23-17(13)26-25-14)24-11-3-4-12(27)15(11)28/h1-2,5,7,11-12,15,27-28H,3-4,6H2,(H,21,29)(H2,22,23,24,25,26)/t11-,12-,15+/m1/s1. The van der Waals surface area contributed by atoms with Crippen molar-refractivity contribution >= 4 is 22.8 Å². The zero-order chi connectivity index (χ0) is 20.5. The lowest BCUT2D eigenvalue weighted by Gasteiger charge is -2.19. The molecular formula is C18H18F2N6O3. The van der Waals surface area contributed by atoms with Crippen molar-refractivity contribution in [2.24, 2.45) is 0 Å². The number of anilines is 1. The molecule has 1 amide bonds. The average Bonchev–Trinajstić information content (AvgIpc) is 3.28. The van der Waals surface area contributed by atoms with Gasteiger partial charge in [-0.2, -0.15) is 5.10 Å². The van der Waals surface area contributed by atoms with Crippen molar-refractivity contribution in [2.75, 3.05) is 5.32 Å². The number of nitrogens with one attached hydrogen (secondary N) is 3. The van der Waals surface area contributed by atoms with Crippen LogP contribution < -0.4 is 10.6 Å². The molecule has 0 saturated heterocycles. The number of carbonyl (C=O) groups is 1. The number of hydrogen-bond acceptors (Lipinski definition) is 7. The first-order valence-corrected chi connectivity index (χ1v) is 8.98. The van der Waals surface area contributed by atoms with E-state index in [2.05, 4.69) is 30.8 Å². The van der Waals surface area contributed by atoms with Crippen LogP contribution in [-0.2, 0) is 6.54 Å². The van der Waals surface area contributed by atoms with Crippen molar-refractivity contribution in [3.8, 4) is 0 Å². The number of carbonyl (C=O) groups excluding carboxylic acids is 1. The first kappa shape index (κ1) is 19.2. The van der Waals surface area contributed by atoms with Crippen LogP contribution >= 0.6 is 0 Å². The van der Waals surface area contributed by atoms with Crippen LogP contribution in [0.25, 0.3) is 11.0 Å². The van der Waals surface area contributed by atoms with Crippen molar-refractivity contribution in [1.29, 1.82) is 0 Å². The van der Waals surface area contributed by atoms with Gasteiger partial charge >= 0.3 is 0 Å². The van der Waals surface area contributed by atoms with Gasteiger partial charge in [-0.25, -0.2) is 18.7 Å². The van der Waals surface area contributed by atoms with E-state index in [-0.39, 0.29) is 29.3 Å². The molecule has 5 N–H and O–H groups in total. The van der Waals surface area contributed by atoms with Gasteiger partial charge in [0.25, 0.3) is 5.91 Å². The number of aromatic nitrogens is 4. The molecular weight excluding hydrogens is 386 g/mol. The third-order valence-electron chi connectivity index (χ3n) is 4.93. The second-order valence-corrected chi connectivity index (χ2v) is 6.82. The normalized spacial score (nSPS) is 21.4. The van der Waals surface area contributed by atoms with E-state index in [1.165, 1.54) is 6.33 Å². The fourth-order valence-corrected chi connectivity index (χ4v) is 3.37. The summed E-state index contributed by atoms with van der Waals surface area (Å²) >= 11 is 0. The van der Waals surface area contributed by atoms with E-state index in [9.17, 15) is 23.8 Å². The molecule has 0 unspecified atom stereocenters. The van der Waals surface area contributed by atoms with Gasteiger partial charge in [0.15, 0.2) is 5.65 Å². The summed E-state index contributed by atoms with van der Waals surface area (Å²) < 4.78 is 27.1. The molecule has 4 rings (SSSR count). The van der Waals surface area contributed by atoms with Crippen molar-refractivity contribution in [2.45, 2.75) is 37.6 Å². The maximum Gasteiger partial charge on any atom is 0.270 e. The number of rotatable bonds is 5. The Balaban J connectivity index is 1.57. The van der Waals surface area contributed by atoms with Gasteiger partial charge in [-0.15, -0.1) is 0 Å². The highest BCUT2D eigenvalue weighted by atomic mass is 19.1. The van der Waals surface area contributed by atoms with E-state index in [0.717, 1.165) is 18.2 Å². The molecule has 152 valence electrons. The number of fused-ring (bicyclic) bond motifs is 1. The molecule has 2 aromatic heterocycles. The summed E-state index contributed by atoms with van der Waals surface area (Å²) in [5, 5.41) is 32.1. The molecule has 9 nitrogen and oxygen atoms in total. The smallest absolute Gasteiger partial charge is 0.270 e. The lowest BCUT2D eigenvalue weighted by atomic mass is 10.2. The number of nitrogens with zero attached hydrogens (tertiary/aromatic N) is 3. The van der Waals surface area contributed by atoms with E-state index in [4.69, 9.17) is 0 Å². The highest BCUT2D eigenvalue weighted by Gasteiger charge is 2.34.